The summed E-state index contributed by atoms with van der Waals surface area (Å²) in [5.41, 5.74) is 8.19. The normalized spacial score (nSPS) is 10.8. The van der Waals surface area contributed by atoms with Crippen LogP contribution in [0.15, 0.2) is 41.5 Å². The number of rotatable bonds is 7. The molecule has 0 aliphatic heterocycles. The van der Waals surface area contributed by atoms with Crippen LogP contribution in [0, 0.1) is 3.57 Å². The van der Waals surface area contributed by atoms with E-state index < -0.39 is 24.6 Å². The molecule has 154 valence electrons. The van der Waals surface area contributed by atoms with Crippen LogP contribution in [0.2, 0.25) is 0 Å². The van der Waals surface area contributed by atoms with Crippen LogP contribution in [0.3, 0.4) is 0 Å². The molecular weight excluding hydrogens is 506 g/mol. The SMILES string of the molecule is CCc1ccc(OCc2c(I)cccc2OC(=O)OCN=[N+]=[N-])c(C(F)(F)F)c1. The molecule has 2 aromatic carbocycles. The van der Waals surface area contributed by atoms with Gasteiger partial charge in [0.1, 0.15) is 18.1 Å². The Morgan fingerprint density at radius 2 is 2.00 bits per heavy atom. The molecule has 0 aromatic heterocycles. The Bertz CT molecular complexity index is 931. The standard InChI is InChI=1S/C18H15F3IN3O4/c1-2-11-6-7-16(13(8-11)18(19,20)21)27-9-12-14(22)4-3-5-15(12)29-17(26)28-10-24-25-23/h3-8H,2,9-10H2,1H3. The van der Waals surface area contributed by atoms with Gasteiger partial charge in [-0.2, -0.15) is 13.2 Å². The Hall–Kier alpha value is -2.66. The van der Waals surface area contributed by atoms with Gasteiger partial charge in [0.15, 0.2) is 6.73 Å². The molecule has 2 aromatic rings. The molecule has 29 heavy (non-hydrogen) atoms. The van der Waals surface area contributed by atoms with Crippen molar-refractivity contribution in [1.82, 2.24) is 0 Å². The van der Waals surface area contributed by atoms with E-state index >= 15 is 0 Å². The summed E-state index contributed by atoms with van der Waals surface area (Å²) in [6.45, 7) is 0.934. The van der Waals surface area contributed by atoms with E-state index in [9.17, 15) is 18.0 Å². The first-order chi connectivity index (χ1) is 13.8. The van der Waals surface area contributed by atoms with Gasteiger partial charge in [0.2, 0.25) is 0 Å². The van der Waals surface area contributed by atoms with E-state index in [0.717, 1.165) is 6.07 Å². The molecule has 0 aliphatic carbocycles. The first kappa shape index (κ1) is 22.6. The zero-order valence-corrected chi connectivity index (χ0v) is 17.2. The maximum atomic E-state index is 13.4. The predicted molar refractivity (Wildman–Crippen MR) is 105 cm³/mol. The molecule has 0 amide bonds. The Labute approximate surface area is 177 Å². The van der Waals surface area contributed by atoms with Crippen LogP contribution in [0.5, 0.6) is 11.5 Å². The van der Waals surface area contributed by atoms with E-state index in [1.54, 1.807) is 25.1 Å². The predicted octanol–water partition coefficient (Wildman–Crippen LogP) is 6.23. The highest BCUT2D eigenvalue weighted by molar-refractivity contribution is 14.1. The number of carbonyl (C=O) groups is 1. The summed E-state index contributed by atoms with van der Waals surface area (Å²) < 4.78 is 55.7. The summed E-state index contributed by atoms with van der Waals surface area (Å²) in [5, 5.41) is 3.04. The molecule has 0 atom stereocenters. The Balaban J connectivity index is 2.23. The molecule has 0 N–H and O–H groups in total. The molecule has 0 fully saturated rings. The Kier molecular flexibility index (Phi) is 7.97. The van der Waals surface area contributed by atoms with Gasteiger partial charge in [-0.15, -0.1) is 0 Å². The number of aryl methyl sites for hydroxylation is 1. The fourth-order valence-corrected chi connectivity index (χ4v) is 2.92. The second-order valence-electron chi connectivity index (χ2n) is 5.54. The first-order valence-corrected chi connectivity index (χ1v) is 9.30. The number of benzene rings is 2. The van der Waals surface area contributed by atoms with Crippen molar-refractivity contribution in [2.75, 3.05) is 6.73 Å². The van der Waals surface area contributed by atoms with Crippen LogP contribution in [0.1, 0.15) is 23.6 Å². The smallest absolute Gasteiger partial charge is 0.488 e. The van der Waals surface area contributed by atoms with Crippen molar-refractivity contribution in [3.63, 3.8) is 0 Å². The van der Waals surface area contributed by atoms with Gasteiger partial charge in [0.05, 0.1) is 5.56 Å². The number of halogens is 4. The van der Waals surface area contributed by atoms with Gasteiger partial charge in [0.25, 0.3) is 0 Å². The summed E-state index contributed by atoms with van der Waals surface area (Å²) >= 11 is 1.95. The minimum absolute atomic E-state index is 0.0570. The molecule has 0 bridgehead atoms. The van der Waals surface area contributed by atoms with Gasteiger partial charge in [0, 0.05) is 14.0 Å². The fraction of sp³-hybridized carbons (Fsp3) is 0.278. The fourth-order valence-electron chi connectivity index (χ4n) is 2.30. The number of hydrogen-bond donors (Lipinski definition) is 0. The van der Waals surface area contributed by atoms with Crippen LogP contribution < -0.4 is 9.47 Å². The summed E-state index contributed by atoms with van der Waals surface area (Å²) in [5.74, 6) is -0.271. The number of alkyl halides is 3. The summed E-state index contributed by atoms with van der Waals surface area (Å²) in [7, 11) is 0. The number of azide groups is 1. The van der Waals surface area contributed by atoms with Gasteiger partial charge in [-0.25, -0.2) is 4.79 Å². The van der Waals surface area contributed by atoms with Crippen LogP contribution in [0.4, 0.5) is 18.0 Å². The Morgan fingerprint density at radius 3 is 2.66 bits per heavy atom. The van der Waals surface area contributed by atoms with Gasteiger partial charge >= 0.3 is 12.3 Å². The van der Waals surface area contributed by atoms with E-state index in [0.29, 0.717) is 21.1 Å². The second kappa shape index (κ2) is 10.2. The van der Waals surface area contributed by atoms with E-state index in [-0.39, 0.29) is 18.1 Å². The largest absolute Gasteiger partial charge is 0.513 e. The van der Waals surface area contributed by atoms with E-state index in [1.165, 1.54) is 12.1 Å². The number of nitrogens with zero attached hydrogens (tertiary/aromatic N) is 3. The third-order valence-electron chi connectivity index (χ3n) is 3.70. The molecule has 2 rings (SSSR count). The molecular formula is C18H15F3IN3O4. The highest BCUT2D eigenvalue weighted by Crippen LogP contribution is 2.38. The van der Waals surface area contributed by atoms with Crippen LogP contribution >= 0.6 is 22.6 Å². The monoisotopic (exact) mass is 521 g/mol. The van der Waals surface area contributed by atoms with E-state index in [1.807, 2.05) is 22.6 Å². The lowest BCUT2D eigenvalue weighted by Gasteiger charge is -2.17. The third-order valence-corrected chi connectivity index (χ3v) is 4.71. The molecule has 0 saturated heterocycles. The van der Waals surface area contributed by atoms with Crippen molar-refractivity contribution in [1.29, 1.82) is 0 Å². The molecule has 0 saturated carbocycles. The van der Waals surface area contributed by atoms with E-state index in [4.69, 9.17) is 15.0 Å². The maximum Gasteiger partial charge on any atom is 0.513 e. The molecule has 0 unspecified atom stereocenters. The van der Waals surface area contributed by atoms with Crippen molar-refractivity contribution >= 4 is 28.7 Å². The van der Waals surface area contributed by atoms with Crippen molar-refractivity contribution in [3.8, 4) is 11.5 Å². The lowest BCUT2D eigenvalue weighted by atomic mass is 10.1. The third kappa shape index (κ3) is 6.43. The quantitative estimate of drug-likeness (QED) is 0.108. The molecule has 0 aliphatic rings. The first-order valence-electron chi connectivity index (χ1n) is 8.22. The van der Waals surface area contributed by atoms with Crippen molar-refractivity contribution in [3.05, 3.63) is 67.1 Å². The second-order valence-corrected chi connectivity index (χ2v) is 6.71. The molecule has 11 heteroatoms. The molecule has 0 spiro atoms. The number of ether oxygens (including phenoxy) is 3. The Morgan fingerprint density at radius 1 is 1.24 bits per heavy atom. The molecule has 0 radical (unpaired) electrons. The molecule has 7 nitrogen and oxygen atoms in total. The van der Waals surface area contributed by atoms with Crippen molar-refractivity contribution < 1.29 is 32.2 Å². The van der Waals surface area contributed by atoms with Gasteiger partial charge in [-0.1, -0.05) is 24.2 Å². The van der Waals surface area contributed by atoms with Gasteiger partial charge in [-0.05, 0) is 64.4 Å². The highest BCUT2D eigenvalue weighted by atomic mass is 127. The van der Waals surface area contributed by atoms with Gasteiger partial charge < -0.3 is 14.2 Å². The lowest BCUT2D eigenvalue weighted by Crippen LogP contribution is -2.13. The highest BCUT2D eigenvalue weighted by Gasteiger charge is 2.34. The van der Waals surface area contributed by atoms with Crippen LogP contribution in [-0.4, -0.2) is 12.9 Å². The summed E-state index contributed by atoms with van der Waals surface area (Å²) in [4.78, 5) is 14.1. The molecule has 0 heterocycles. The van der Waals surface area contributed by atoms with Crippen molar-refractivity contribution in [2.45, 2.75) is 26.1 Å². The average Bonchev–Trinajstić information content (AvgIpc) is 2.67. The van der Waals surface area contributed by atoms with Crippen molar-refractivity contribution in [2.24, 2.45) is 5.11 Å². The van der Waals surface area contributed by atoms with Crippen LogP contribution in [0.25, 0.3) is 10.4 Å². The van der Waals surface area contributed by atoms with Crippen LogP contribution in [-0.2, 0) is 23.9 Å². The zero-order chi connectivity index (χ0) is 21.4. The number of carbonyl (C=O) groups excluding carboxylic acids is 1. The van der Waals surface area contributed by atoms with E-state index in [2.05, 4.69) is 14.8 Å². The average molecular weight is 521 g/mol. The minimum Gasteiger partial charge on any atom is -0.488 e. The minimum atomic E-state index is -4.57. The maximum absolute atomic E-state index is 13.4. The zero-order valence-electron chi connectivity index (χ0n) is 15.1. The van der Waals surface area contributed by atoms with Gasteiger partial charge in [-0.3, -0.25) is 0 Å². The number of hydrogen-bond acceptors (Lipinski definition) is 5. The summed E-state index contributed by atoms with van der Waals surface area (Å²) in [6.07, 6.45) is -5.24. The topological polar surface area (TPSA) is 93.5 Å². The summed E-state index contributed by atoms with van der Waals surface area (Å²) in [6, 6.07) is 8.61. The lowest BCUT2D eigenvalue weighted by molar-refractivity contribution is -0.139.